The molecule has 1 atom stereocenters. The summed E-state index contributed by atoms with van der Waals surface area (Å²) in [4.78, 5) is 18.9. The van der Waals surface area contributed by atoms with Crippen LogP contribution in [0.25, 0.3) is 10.9 Å². The zero-order valence-corrected chi connectivity index (χ0v) is 20.4. The van der Waals surface area contributed by atoms with Crippen molar-refractivity contribution in [3.8, 4) is 5.88 Å². The number of H-pyrrole nitrogens is 1. The number of aliphatic carboxylic acids is 1. The molecule has 1 aromatic heterocycles. The van der Waals surface area contributed by atoms with Gasteiger partial charge in [0, 0.05) is 28.4 Å². The number of aliphatic imine (C=N–C) groups is 1. The zero-order valence-electron chi connectivity index (χ0n) is 19.7. The van der Waals surface area contributed by atoms with Crippen LogP contribution in [0.4, 0.5) is 5.69 Å². The maximum absolute atomic E-state index is 10.9. The molecule has 7 heteroatoms. The maximum Gasteiger partial charge on any atom is 0.303 e. The summed E-state index contributed by atoms with van der Waals surface area (Å²) < 4.78 is 0. The van der Waals surface area contributed by atoms with Crippen molar-refractivity contribution in [2.75, 3.05) is 6.54 Å². The Morgan fingerprint density at radius 3 is 2.46 bits per heavy atom. The Hall–Kier alpha value is -3.61. The second kappa shape index (κ2) is 10.8. The first kappa shape index (κ1) is 24.5. The van der Waals surface area contributed by atoms with Gasteiger partial charge in [-0.2, -0.15) is 0 Å². The van der Waals surface area contributed by atoms with Crippen LogP contribution in [0.15, 0.2) is 71.7 Å². The highest BCUT2D eigenvalue weighted by Crippen LogP contribution is 2.33. The molecule has 0 saturated heterocycles. The van der Waals surface area contributed by atoms with Crippen LogP contribution >= 0.6 is 11.6 Å². The number of nitrogens with one attached hydrogen (secondary N) is 2. The number of carboxylic acids is 1. The topological polar surface area (TPSA) is 97.7 Å². The number of hydrogen-bond acceptors (Lipinski definition) is 4. The number of hydrogen-bond donors (Lipinski definition) is 4. The lowest BCUT2D eigenvalue weighted by Crippen LogP contribution is -2.17. The van der Waals surface area contributed by atoms with Crippen molar-refractivity contribution in [3.05, 3.63) is 94.0 Å². The van der Waals surface area contributed by atoms with Crippen molar-refractivity contribution >= 4 is 39.9 Å². The lowest BCUT2D eigenvalue weighted by atomic mass is 9.98. The molecule has 4 aromatic rings. The summed E-state index contributed by atoms with van der Waals surface area (Å²) in [5.41, 5.74) is 5.55. The average molecular weight is 490 g/mol. The van der Waals surface area contributed by atoms with Gasteiger partial charge in [0.25, 0.3) is 0 Å². The number of aromatic amines is 1. The van der Waals surface area contributed by atoms with Gasteiger partial charge in [0.05, 0.1) is 22.5 Å². The largest absolute Gasteiger partial charge is 0.494 e. The normalized spacial score (nSPS) is 12.7. The summed E-state index contributed by atoms with van der Waals surface area (Å²) in [6.45, 7) is 5.08. The van der Waals surface area contributed by atoms with E-state index in [4.69, 9.17) is 21.7 Å². The second-order valence-corrected chi connectivity index (χ2v) is 8.90. The monoisotopic (exact) mass is 489 g/mol. The number of rotatable bonds is 9. The van der Waals surface area contributed by atoms with Crippen molar-refractivity contribution < 1.29 is 15.0 Å². The summed E-state index contributed by atoms with van der Waals surface area (Å²) in [5.74, 6) is -0.820. The standard InChI is InChI=1S/C28H28ClN3O3/c1-3-30-17(2)19-9-12-22(13-10-19)31-27(20-7-4-18(5-8-20)6-15-25(33)34)26-23-14-11-21(29)16-24(23)32-28(26)35/h4-5,7-14,16-17,30,32,35H,3,6,15H2,1-2H3,(H,33,34). The molecule has 0 amide bonds. The van der Waals surface area contributed by atoms with E-state index in [-0.39, 0.29) is 18.3 Å². The molecule has 3 aromatic carbocycles. The summed E-state index contributed by atoms with van der Waals surface area (Å²) >= 11 is 6.16. The van der Waals surface area contributed by atoms with E-state index >= 15 is 0 Å². The quantitative estimate of drug-likeness (QED) is 0.205. The van der Waals surface area contributed by atoms with E-state index in [0.29, 0.717) is 28.2 Å². The van der Waals surface area contributed by atoms with Gasteiger partial charge >= 0.3 is 5.97 Å². The Morgan fingerprint density at radius 1 is 1.09 bits per heavy atom. The van der Waals surface area contributed by atoms with E-state index < -0.39 is 5.97 Å². The first-order valence-electron chi connectivity index (χ1n) is 11.6. The Kier molecular flexibility index (Phi) is 7.54. The molecule has 0 bridgehead atoms. The molecule has 0 saturated carbocycles. The van der Waals surface area contributed by atoms with Gasteiger partial charge in [-0.3, -0.25) is 4.79 Å². The molecule has 0 fully saturated rings. The zero-order chi connectivity index (χ0) is 24.9. The molecule has 0 aliphatic carbocycles. The number of nitrogens with zero attached hydrogens (tertiary/aromatic N) is 1. The highest BCUT2D eigenvalue weighted by molar-refractivity contribution is 6.31. The van der Waals surface area contributed by atoms with Gasteiger partial charge in [-0.15, -0.1) is 0 Å². The van der Waals surface area contributed by atoms with E-state index in [1.807, 2.05) is 54.6 Å². The predicted molar refractivity (Wildman–Crippen MR) is 141 cm³/mol. The van der Waals surface area contributed by atoms with Crippen LogP contribution in [-0.4, -0.2) is 33.4 Å². The fourth-order valence-corrected chi connectivity index (χ4v) is 4.30. The summed E-state index contributed by atoms with van der Waals surface area (Å²) in [5, 5.41) is 24.6. The van der Waals surface area contributed by atoms with E-state index in [0.717, 1.165) is 28.7 Å². The minimum atomic E-state index is -0.828. The SMILES string of the molecule is CCNC(C)c1ccc(N=C(c2ccc(CCC(=O)O)cc2)c2c(O)[nH]c3cc(Cl)ccc23)cc1. The summed E-state index contributed by atoms with van der Waals surface area (Å²) in [7, 11) is 0. The minimum Gasteiger partial charge on any atom is -0.494 e. The lowest BCUT2D eigenvalue weighted by Gasteiger charge is -2.13. The third kappa shape index (κ3) is 5.73. The van der Waals surface area contributed by atoms with Crippen LogP contribution in [0.1, 0.15) is 48.6 Å². The van der Waals surface area contributed by atoms with Crippen molar-refractivity contribution in [1.82, 2.24) is 10.3 Å². The number of halogens is 1. The van der Waals surface area contributed by atoms with Gasteiger partial charge in [0.15, 0.2) is 5.88 Å². The third-order valence-corrected chi connectivity index (χ3v) is 6.21. The van der Waals surface area contributed by atoms with Gasteiger partial charge in [-0.25, -0.2) is 4.99 Å². The van der Waals surface area contributed by atoms with Crippen molar-refractivity contribution in [2.45, 2.75) is 32.7 Å². The van der Waals surface area contributed by atoms with Gasteiger partial charge in [0.1, 0.15) is 0 Å². The fraction of sp³-hybridized carbons (Fsp3) is 0.214. The minimum absolute atomic E-state index is 0.00774. The summed E-state index contributed by atoms with van der Waals surface area (Å²) in [6.07, 6.45) is 0.520. The molecule has 6 nitrogen and oxygen atoms in total. The number of aromatic nitrogens is 1. The number of aromatic hydroxyl groups is 1. The van der Waals surface area contributed by atoms with Crippen LogP contribution in [0.2, 0.25) is 5.02 Å². The number of carbonyl (C=O) groups is 1. The highest BCUT2D eigenvalue weighted by Gasteiger charge is 2.19. The Labute approximate surface area is 209 Å². The number of aryl methyl sites for hydroxylation is 1. The van der Waals surface area contributed by atoms with E-state index in [1.165, 1.54) is 5.56 Å². The van der Waals surface area contributed by atoms with Gasteiger partial charge in [-0.05, 0) is 55.3 Å². The molecule has 0 spiro atoms. The van der Waals surface area contributed by atoms with Gasteiger partial charge in [-0.1, -0.05) is 61.0 Å². The van der Waals surface area contributed by atoms with Gasteiger partial charge < -0.3 is 20.5 Å². The highest BCUT2D eigenvalue weighted by atomic mass is 35.5. The second-order valence-electron chi connectivity index (χ2n) is 8.46. The van der Waals surface area contributed by atoms with Crippen molar-refractivity contribution in [3.63, 3.8) is 0 Å². The van der Waals surface area contributed by atoms with Crippen LogP contribution in [-0.2, 0) is 11.2 Å². The van der Waals surface area contributed by atoms with Crippen LogP contribution in [0.5, 0.6) is 5.88 Å². The molecular formula is C28H28ClN3O3. The van der Waals surface area contributed by atoms with Crippen LogP contribution < -0.4 is 5.32 Å². The summed E-state index contributed by atoms with van der Waals surface area (Å²) in [6, 6.07) is 21.3. The molecular weight excluding hydrogens is 462 g/mol. The maximum atomic E-state index is 10.9. The molecule has 0 aliphatic rings. The third-order valence-electron chi connectivity index (χ3n) is 5.98. The molecule has 4 rings (SSSR count). The number of fused-ring (bicyclic) bond motifs is 1. The van der Waals surface area contributed by atoms with Crippen LogP contribution in [0.3, 0.4) is 0 Å². The Balaban J connectivity index is 1.79. The van der Waals surface area contributed by atoms with Crippen molar-refractivity contribution in [2.24, 2.45) is 4.99 Å². The van der Waals surface area contributed by atoms with Gasteiger partial charge in [0.2, 0.25) is 0 Å². The molecule has 0 radical (unpaired) electrons. The molecule has 35 heavy (non-hydrogen) atoms. The number of carboxylic acid groups (broad SMARTS) is 1. The Morgan fingerprint density at radius 2 is 1.80 bits per heavy atom. The smallest absolute Gasteiger partial charge is 0.303 e. The molecule has 0 aliphatic heterocycles. The van der Waals surface area contributed by atoms with E-state index in [1.54, 1.807) is 12.1 Å². The number of benzene rings is 3. The van der Waals surface area contributed by atoms with Crippen LogP contribution in [0, 0.1) is 0 Å². The predicted octanol–water partition coefficient (Wildman–Crippen LogP) is 6.38. The lowest BCUT2D eigenvalue weighted by molar-refractivity contribution is -0.136. The molecule has 1 heterocycles. The first-order chi connectivity index (χ1) is 16.9. The molecule has 180 valence electrons. The van der Waals surface area contributed by atoms with E-state index in [9.17, 15) is 9.90 Å². The Bertz CT molecular complexity index is 1360. The average Bonchev–Trinajstić information content (AvgIpc) is 3.16. The van der Waals surface area contributed by atoms with E-state index in [2.05, 4.69) is 24.1 Å². The fourth-order valence-electron chi connectivity index (χ4n) is 4.13. The first-order valence-corrected chi connectivity index (χ1v) is 12.0. The molecule has 4 N–H and O–H groups in total. The molecule has 1 unspecified atom stereocenters. The van der Waals surface area contributed by atoms with Crippen molar-refractivity contribution in [1.29, 1.82) is 0 Å².